The Kier molecular flexibility index (Phi) is 3.84. The van der Waals surface area contributed by atoms with Crippen LogP contribution in [0.2, 0.25) is 0 Å². The standard InChI is InChI=1S/C21H19NO5S/c23-20-18-13-6-7-14(12-13)19(18)21(24)22(20)15-8-10-16(11-9-15)27-28(25,26)17-4-2-1-3-5-17/h1-5,8-11,13-14,18-19H,6-7,12H2/t13-,14-,18-,19+/m0/s1. The molecule has 1 heterocycles. The van der Waals surface area contributed by atoms with Gasteiger partial charge in [-0.25, -0.2) is 0 Å². The smallest absolute Gasteiger partial charge is 0.339 e. The van der Waals surface area contributed by atoms with Crippen LogP contribution in [-0.4, -0.2) is 20.2 Å². The number of carbonyl (C=O) groups excluding carboxylic acids is 2. The summed E-state index contributed by atoms with van der Waals surface area (Å²) in [4.78, 5) is 27.1. The van der Waals surface area contributed by atoms with Crippen LogP contribution in [0, 0.1) is 23.7 Å². The average Bonchev–Trinajstić information content (AvgIpc) is 3.37. The van der Waals surface area contributed by atoms with Gasteiger partial charge in [-0.1, -0.05) is 18.2 Å². The molecule has 2 aromatic rings. The Hall–Kier alpha value is -2.67. The van der Waals surface area contributed by atoms with Gasteiger partial charge in [0.25, 0.3) is 0 Å². The van der Waals surface area contributed by atoms with Crippen molar-refractivity contribution in [3.63, 3.8) is 0 Å². The highest BCUT2D eigenvalue weighted by Crippen LogP contribution is 2.56. The van der Waals surface area contributed by atoms with E-state index in [2.05, 4.69) is 0 Å². The summed E-state index contributed by atoms with van der Waals surface area (Å²) in [6.07, 6.45) is 3.05. The number of amides is 2. The first-order valence-electron chi connectivity index (χ1n) is 9.43. The number of benzene rings is 2. The molecule has 2 aromatic carbocycles. The predicted molar refractivity (Wildman–Crippen MR) is 101 cm³/mol. The largest absolute Gasteiger partial charge is 0.379 e. The summed E-state index contributed by atoms with van der Waals surface area (Å²) in [7, 11) is -3.93. The Morgan fingerprint density at radius 3 is 1.96 bits per heavy atom. The zero-order valence-corrected chi connectivity index (χ0v) is 15.8. The van der Waals surface area contributed by atoms with Crippen molar-refractivity contribution in [1.29, 1.82) is 0 Å². The molecule has 0 radical (unpaired) electrons. The summed E-state index contributed by atoms with van der Waals surface area (Å²) < 4.78 is 29.8. The van der Waals surface area contributed by atoms with E-state index in [1.807, 2.05) is 0 Å². The van der Waals surface area contributed by atoms with Crippen molar-refractivity contribution in [1.82, 2.24) is 0 Å². The lowest BCUT2D eigenvalue weighted by molar-refractivity contribution is -0.123. The number of hydrogen-bond acceptors (Lipinski definition) is 5. The molecule has 5 rings (SSSR count). The molecule has 2 saturated carbocycles. The van der Waals surface area contributed by atoms with Crippen LogP contribution in [-0.2, 0) is 19.7 Å². The SMILES string of the molecule is O=C1[C@@H]2[C@H]3CC[C@@H](C3)[C@@H]2C(=O)N1c1ccc(OS(=O)(=O)c2ccccc2)cc1. The highest BCUT2D eigenvalue weighted by Gasteiger charge is 2.61. The van der Waals surface area contributed by atoms with E-state index in [1.54, 1.807) is 30.3 Å². The second kappa shape index (κ2) is 6.17. The van der Waals surface area contributed by atoms with Crippen LogP contribution in [0.3, 0.4) is 0 Å². The maximum Gasteiger partial charge on any atom is 0.339 e. The van der Waals surface area contributed by atoms with Gasteiger partial charge < -0.3 is 4.18 Å². The summed E-state index contributed by atoms with van der Waals surface area (Å²) in [6.45, 7) is 0. The Labute approximate surface area is 163 Å². The second-order valence-corrected chi connectivity index (χ2v) is 9.29. The molecule has 7 heteroatoms. The molecule has 3 fully saturated rings. The van der Waals surface area contributed by atoms with Crippen LogP contribution >= 0.6 is 0 Å². The van der Waals surface area contributed by atoms with Crippen molar-refractivity contribution in [2.45, 2.75) is 24.2 Å². The molecule has 2 amide bonds. The summed E-state index contributed by atoms with van der Waals surface area (Å²) in [5, 5.41) is 0. The Morgan fingerprint density at radius 2 is 1.39 bits per heavy atom. The fourth-order valence-corrected chi connectivity index (χ4v) is 6.03. The predicted octanol–water partition coefficient (Wildman–Crippen LogP) is 2.99. The minimum atomic E-state index is -3.93. The number of rotatable bonds is 4. The van der Waals surface area contributed by atoms with Gasteiger partial charge in [0.15, 0.2) is 0 Å². The first-order chi connectivity index (χ1) is 13.5. The molecule has 1 saturated heterocycles. The van der Waals surface area contributed by atoms with Crippen LogP contribution in [0.1, 0.15) is 19.3 Å². The molecule has 4 atom stereocenters. The molecule has 0 spiro atoms. The van der Waals surface area contributed by atoms with E-state index in [1.165, 1.54) is 29.2 Å². The Bertz CT molecular complexity index is 1020. The lowest BCUT2D eigenvalue weighted by Gasteiger charge is -2.19. The number of anilines is 1. The average molecular weight is 397 g/mol. The lowest BCUT2D eigenvalue weighted by atomic mass is 9.81. The van der Waals surface area contributed by atoms with Gasteiger partial charge in [-0.3, -0.25) is 14.5 Å². The molecular formula is C21H19NO5S. The number of nitrogens with zero attached hydrogens (tertiary/aromatic N) is 1. The maximum atomic E-state index is 12.9. The lowest BCUT2D eigenvalue weighted by Crippen LogP contribution is -2.32. The van der Waals surface area contributed by atoms with Gasteiger partial charge >= 0.3 is 10.1 Å². The molecule has 2 bridgehead atoms. The summed E-state index contributed by atoms with van der Waals surface area (Å²) in [5.41, 5.74) is 0.466. The third-order valence-corrected chi connectivity index (χ3v) is 7.52. The molecule has 0 unspecified atom stereocenters. The van der Waals surface area contributed by atoms with Crippen LogP contribution in [0.15, 0.2) is 59.5 Å². The topological polar surface area (TPSA) is 80.8 Å². The Morgan fingerprint density at radius 1 is 0.821 bits per heavy atom. The van der Waals surface area contributed by atoms with E-state index in [4.69, 9.17) is 4.18 Å². The van der Waals surface area contributed by atoms with Crippen molar-refractivity contribution >= 4 is 27.6 Å². The van der Waals surface area contributed by atoms with E-state index < -0.39 is 10.1 Å². The van der Waals surface area contributed by atoms with Crippen molar-refractivity contribution in [2.24, 2.45) is 23.7 Å². The van der Waals surface area contributed by atoms with Crippen molar-refractivity contribution in [2.75, 3.05) is 4.90 Å². The van der Waals surface area contributed by atoms with E-state index >= 15 is 0 Å². The molecule has 1 aliphatic heterocycles. The van der Waals surface area contributed by atoms with E-state index in [-0.39, 0.29) is 34.3 Å². The normalized spacial score (nSPS) is 28.6. The molecule has 0 N–H and O–H groups in total. The monoisotopic (exact) mass is 397 g/mol. The Balaban J connectivity index is 1.37. The highest BCUT2D eigenvalue weighted by atomic mass is 32.2. The minimum Gasteiger partial charge on any atom is -0.379 e. The van der Waals surface area contributed by atoms with Crippen LogP contribution in [0.25, 0.3) is 0 Å². The summed E-state index contributed by atoms with van der Waals surface area (Å²) >= 11 is 0. The fourth-order valence-electron chi connectivity index (χ4n) is 5.08. The molecule has 6 nitrogen and oxygen atoms in total. The first-order valence-corrected chi connectivity index (χ1v) is 10.8. The fraction of sp³-hybridized carbons (Fsp3) is 0.333. The highest BCUT2D eigenvalue weighted by molar-refractivity contribution is 7.87. The van der Waals surface area contributed by atoms with E-state index in [0.29, 0.717) is 17.5 Å². The zero-order valence-electron chi connectivity index (χ0n) is 15.0. The van der Waals surface area contributed by atoms with Gasteiger partial charge in [0.1, 0.15) is 10.6 Å². The maximum absolute atomic E-state index is 12.9. The molecule has 0 aromatic heterocycles. The van der Waals surface area contributed by atoms with Crippen molar-refractivity contribution in [3.8, 4) is 5.75 Å². The van der Waals surface area contributed by atoms with E-state index in [0.717, 1.165) is 19.3 Å². The van der Waals surface area contributed by atoms with Crippen LogP contribution < -0.4 is 9.08 Å². The quantitative estimate of drug-likeness (QED) is 0.585. The molecule has 2 aliphatic carbocycles. The van der Waals surface area contributed by atoms with Gasteiger partial charge in [-0.15, -0.1) is 0 Å². The van der Waals surface area contributed by atoms with Gasteiger partial charge in [-0.2, -0.15) is 8.42 Å². The number of carbonyl (C=O) groups is 2. The van der Waals surface area contributed by atoms with E-state index in [9.17, 15) is 18.0 Å². The second-order valence-electron chi connectivity index (χ2n) is 7.74. The molecule has 28 heavy (non-hydrogen) atoms. The molecule has 144 valence electrons. The summed E-state index contributed by atoms with van der Waals surface area (Å²) in [5.74, 6) is 0.193. The van der Waals surface area contributed by atoms with Crippen molar-refractivity contribution in [3.05, 3.63) is 54.6 Å². The number of imide groups is 1. The minimum absolute atomic E-state index is 0.0623. The van der Waals surface area contributed by atoms with Gasteiger partial charge in [0.2, 0.25) is 11.8 Å². The zero-order chi connectivity index (χ0) is 19.5. The molecular weight excluding hydrogens is 378 g/mol. The third-order valence-electron chi connectivity index (χ3n) is 6.26. The van der Waals surface area contributed by atoms with Crippen LogP contribution in [0.4, 0.5) is 5.69 Å². The van der Waals surface area contributed by atoms with Gasteiger partial charge in [-0.05, 0) is 67.5 Å². The van der Waals surface area contributed by atoms with Crippen molar-refractivity contribution < 1.29 is 22.2 Å². The first kappa shape index (κ1) is 17.4. The number of fused-ring (bicyclic) bond motifs is 5. The number of hydrogen-bond donors (Lipinski definition) is 0. The van der Waals surface area contributed by atoms with Gasteiger partial charge in [0.05, 0.1) is 17.5 Å². The van der Waals surface area contributed by atoms with Gasteiger partial charge in [0, 0.05) is 0 Å². The van der Waals surface area contributed by atoms with Crippen LogP contribution in [0.5, 0.6) is 5.75 Å². The summed E-state index contributed by atoms with van der Waals surface area (Å²) in [6, 6.07) is 13.9. The third kappa shape index (κ3) is 2.57. The molecule has 3 aliphatic rings.